The summed E-state index contributed by atoms with van der Waals surface area (Å²) in [6.45, 7) is 3.96. The number of carbonyl (C=O) groups excluding carboxylic acids is 1. The van der Waals surface area contributed by atoms with E-state index in [4.69, 9.17) is 13.9 Å². The first kappa shape index (κ1) is 16.5. The van der Waals surface area contributed by atoms with Gasteiger partial charge in [0.1, 0.15) is 22.8 Å². The summed E-state index contributed by atoms with van der Waals surface area (Å²) in [7, 11) is 0. The Hall–Kier alpha value is -2.40. The topological polar surface area (TPSA) is 48.7 Å². The summed E-state index contributed by atoms with van der Waals surface area (Å²) in [4.78, 5) is 13.2. The molecule has 24 heavy (non-hydrogen) atoms. The van der Waals surface area contributed by atoms with E-state index in [9.17, 15) is 4.79 Å². The number of carbonyl (C=O) groups is 1. The molecule has 3 rings (SSSR count). The van der Waals surface area contributed by atoms with Gasteiger partial charge in [0.25, 0.3) is 0 Å². The van der Waals surface area contributed by atoms with Gasteiger partial charge in [-0.15, -0.1) is 11.8 Å². The van der Waals surface area contributed by atoms with Gasteiger partial charge in [0.15, 0.2) is 0 Å². The van der Waals surface area contributed by atoms with Gasteiger partial charge >= 0.3 is 5.97 Å². The zero-order valence-electron chi connectivity index (χ0n) is 13.8. The molecule has 0 unspecified atom stereocenters. The summed E-state index contributed by atoms with van der Waals surface area (Å²) in [5.41, 5.74) is 1.02. The maximum absolute atomic E-state index is 12.1. The zero-order valence-corrected chi connectivity index (χ0v) is 14.6. The van der Waals surface area contributed by atoms with Crippen LogP contribution in [0, 0.1) is 6.92 Å². The monoisotopic (exact) mass is 342 g/mol. The highest BCUT2D eigenvalue weighted by molar-refractivity contribution is 7.98. The highest BCUT2D eigenvalue weighted by Crippen LogP contribution is 2.34. The van der Waals surface area contributed by atoms with Crippen LogP contribution in [0.1, 0.15) is 23.0 Å². The van der Waals surface area contributed by atoms with Gasteiger partial charge < -0.3 is 13.9 Å². The van der Waals surface area contributed by atoms with E-state index in [2.05, 4.69) is 0 Å². The molecule has 0 saturated carbocycles. The van der Waals surface area contributed by atoms with Crippen molar-refractivity contribution >= 4 is 28.7 Å². The van der Waals surface area contributed by atoms with Crippen molar-refractivity contribution in [3.05, 3.63) is 53.8 Å². The normalized spacial score (nSPS) is 10.8. The van der Waals surface area contributed by atoms with E-state index in [1.165, 1.54) is 0 Å². The lowest BCUT2D eigenvalue weighted by Crippen LogP contribution is -2.04. The molecule has 0 N–H and O–H groups in total. The van der Waals surface area contributed by atoms with Crippen molar-refractivity contribution in [2.75, 3.05) is 12.9 Å². The van der Waals surface area contributed by atoms with Gasteiger partial charge in [-0.05, 0) is 62.6 Å². The standard InChI is InChI=1S/C19H18O4S/c1-4-21-19(20)13-10-17-16(9-12(2)22-17)18(11-13)23-14-5-7-15(24-3)8-6-14/h5-11H,4H2,1-3H3. The van der Waals surface area contributed by atoms with E-state index in [0.717, 1.165) is 16.0 Å². The molecule has 0 aliphatic carbocycles. The van der Waals surface area contributed by atoms with Crippen LogP contribution in [0.3, 0.4) is 0 Å². The molecule has 5 heteroatoms. The predicted octanol–water partition coefficient (Wildman–Crippen LogP) is 5.43. The number of hydrogen-bond donors (Lipinski definition) is 0. The van der Waals surface area contributed by atoms with Gasteiger partial charge in [0, 0.05) is 4.90 Å². The van der Waals surface area contributed by atoms with Crippen LogP contribution in [-0.4, -0.2) is 18.8 Å². The quantitative estimate of drug-likeness (QED) is 0.457. The summed E-state index contributed by atoms with van der Waals surface area (Å²) in [5.74, 6) is 1.64. The Morgan fingerprint density at radius 3 is 2.58 bits per heavy atom. The molecule has 2 aromatic carbocycles. The van der Waals surface area contributed by atoms with Crippen LogP contribution < -0.4 is 4.74 Å². The summed E-state index contributed by atoms with van der Waals surface area (Å²) in [6, 6.07) is 13.1. The molecule has 0 spiro atoms. The lowest BCUT2D eigenvalue weighted by molar-refractivity contribution is 0.0526. The number of ether oxygens (including phenoxy) is 2. The van der Waals surface area contributed by atoms with Crippen molar-refractivity contribution in [2.45, 2.75) is 18.7 Å². The highest BCUT2D eigenvalue weighted by atomic mass is 32.2. The number of rotatable bonds is 5. The third-order valence-electron chi connectivity index (χ3n) is 3.52. The van der Waals surface area contributed by atoms with Crippen LogP contribution in [0.2, 0.25) is 0 Å². The Labute approximate surface area is 144 Å². The Morgan fingerprint density at radius 1 is 1.17 bits per heavy atom. The van der Waals surface area contributed by atoms with E-state index < -0.39 is 5.97 Å². The molecule has 3 aromatic rings. The van der Waals surface area contributed by atoms with Crippen LogP contribution in [-0.2, 0) is 4.74 Å². The molecule has 0 aliphatic rings. The number of fused-ring (bicyclic) bond motifs is 1. The van der Waals surface area contributed by atoms with Crippen molar-refractivity contribution in [1.29, 1.82) is 0 Å². The molecule has 4 nitrogen and oxygen atoms in total. The van der Waals surface area contributed by atoms with E-state index in [1.54, 1.807) is 30.8 Å². The highest BCUT2D eigenvalue weighted by Gasteiger charge is 2.15. The zero-order chi connectivity index (χ0) is 17.1. The fourth-order valence-electron chi connectivity index (χ4n) is 2.42. The fourth-order valence-corrected chi connectivity index (χ4v) is 2.83. The maximum Gasteiger partial charge on any atom is 0.338 e. The molecule has 0 aliphatic heterocycles. The van der Waals surface area contributed by atoms with E-state index in [1.807, 2.05) is 43.5 Å². The maximum atomic E-state index is 12.1. The third kappa shape index (κ3) is 3.41. The molecule has 1 heterocycles. The number of furan rings is 1. The summed E-state index contributed by atoms with van der Waals surface area (Å²) in [5, 5.41) is 0.828. The van der Waals surface area contributed by atoms with Gasteiger partial charge in [-0.2, -0.15) is 0 Å². The Morgan fingerprint density at radius 2 is 1.92 bits per heavy atom. The molecular weight excluding hydrogens is 324 g/mol. The second kappa shape index (κ2) is 7.01. The van der Waals surface area contributed by atoms with E-state index >= 15 is 0 Å². The van der Waals surface area contributed by atoms with Gasteiger partial charge in [0.2, 0.25) is 0 Å². The molecule has 0 amide bonds. The summed E-state index contributed by atoms with van der Waals surface area (Å²) < 4.78 is 16.7. The number of esters is 1. The number of aryl methyl sites for hydroxylation is 1. The predicted molar refractivity (Wildman–Crippen MR) is 95.2 cm³/mol. The first-order valence-corrected chi connectivity index (χ1v) is 8.86. The smallest absolute Gasteiger partial charge is 0.338 e. The van der Waals surface area contributed by atoms with Crippen LogP contribution in [0.5, 0.6) is 11.5 Å². The van der Waals surface area contributed by atoms with Crippen molar-refractivity contribution in [3.8, 4) is 11.5 Å². The van der Waals surface area contributed by atoms with Crippen LogP contribution in [0.4, 0.5) is 0 Å². The molecule has 1 aromatic heterocycles. The van der Waals surface area contributed by atoms with Crippen molar-refractivity contribution in [2.24, 2.45) is 0 Å². The fraction of sp³-hybridized carbons (Fsp3) is 0.211. The average Bonchev–Trinajstić information content (AvgIpc) is 2.96. The Kier molecular flexibility index (Phi) is 4.81. The first-order chi connectivity index (χ1) is 11.6. The average molecular weight is 342 g/mol. The SMILES string of the molecule is CCOC(=O)c1cc(Oc2ccc(SC)cc2)c2cc(C)oc2c1. The second-order valence-electron chi connectivity index (χ2n) is 5.24. The number of thioether (sulfide) groups is 1. The number of benzene rings is 2. The lowest BCUT2D eigenvalue weighted by atomic mass is 10.1. The molecule has 0 bridgehead atoms. The first-order valence-electron chi connectivity index (χ1n) is 7.64. The number of hydrogen-bond acceptors (Lipinski definition) is 5. The molecule has 124 valence electrons. The molecule has 0 saturated heterocycles. The molecule has 0 atom stereocenters. The van der Waals surface area contributed by atoms with Gasteiger partial charge in [0.05, 0.1) is 17.6 Å². The Bertz CT molecular complexity index is 865. The molecular formula is C19H18O4S. The minimum absolute atomic E-state index is 0.320. The van der Waals surface area contributed by atoms with E-state index in [0.29, 0.717) is 29.3 Å². The van der Waals surface area contributed by atoms with Crippen LogP contribution in [0.15, 0.2) is 51.8 Å². The van der Waals surface area contributed by atoms with Crippen molar-refractivity contribution < 1.29 is 18.7 Å². The minimum Gasteiger partial charge on any atom is -0.462 e. The van der Waals surface area contributed by atoms with Crippen LogP contribution in [0.25, 0.3) is 11.0 Å². The lowest BCUT2D eigenvalue weighted by Gasteiger charge is -2.09. The summed E-state index contributed by atoms with van der Waals surface area (Å²) in [6.07, 6.45) is 2.02. The third-order valence-corrected chi connectivity index (χ3v) is 4.26. The van der Waals surface area contributed by atoms with Crippen LogP contribution >= 0.6 is 11.8 Å². The van der Waals surface area contributed by atoms with Crippen molar-refractivity contribution in [3.63, 3.8) is 0 Å². The van der Waals surface area contributed by atoms with Gasteiger partial charge in [-0.1, -0.05) is 0 Å². The van der Waals surface area contributed by atoms with Crippen molar-refractivity contribution in [1.82, 2.24) is 0 Å². The van der Waals surface area contributed by atoms with E-state index in [-0.39, 0.29) is 0 Å². The summed E-state index contributed by atoms with van der Waals surface area (Å²) >= 11 is 1.67. The second-order valence-corrected chi connectivity index (χ2v) is 6.12. The largest absolute Gasteiger partial charge is 0.462 e. The van der Waals surface area contributed by atoms with Gasteiger partial charge in [-0.25, -0.2) is 4.79 Å². The molecule has 0 fully saturated rings. The molecule has 0 radical (unpaired) electrons. The van der Waals surface area contributed by atoms with Gasteiger partial charge in [-0.3, -0.25) is 0 Å². The Balaban J connectivity index is 2.01. The minimum atomic E-state index is -0.393.